The van der Waals surface area contributed by atoms with Gasteiger partial charge in [-0.15, -0.1) is 0 Å². The number of hydrogen-bond donors (Lipinski definition) is 2. The second-order valence-electron chi connectivity index (χ2n) is 6.05. The molecule has 11 nitrogen and oxygen atoms in total. The fourth-order valence-corrected chi connectivity index (χ4v) is 3.00. The molecule has 3 N–H and O–H groups in total. The van der Waals surface area contributed by atoms with Gasteiger partial charge in [0.1, 0.15) is 12.3 Å². The van der Waals surface area contributed by atoms with E-state index in [2.05, 4.69) is 9.97 Å². The van der Waals surface area contributed by atoms with Crippen LogP contribution in [-0.4, -0.2) is 54.5 Å². The highest BCUT2D eigenvalue weighted by Gasteiger charge is 2.09. The van der Waals surface area contributed by atoms with Crippen LogP contribution in [0.25, 0.3) is 22.2 Å². The van der Waals surface area contributed by atoms with Crippen molar-refractivity contribution in [1.82, 2.24) is 9.97 Å². The quantitative estimate of drug-likeness (QED) is 0.271. The molecule has 29 heavy (non-hydrogen) atoms. The molecule has 0 saturated carbocycles. The Bertz CT molecular complexity index is 1240. The zero-order valence-corrected chi connectivity index (χ0v) is 16.8. The van der Waals surface area contributed by atoms with Crippen molar-refractivity contribution >= 4 is 31.1 Å². The molecule has 3 aromatic rings. The van der Waals surface area contributed by atoms with E-state index in [0.717, 1.165) is 11.3 Å². The standard InChI is InChI=1S/C16H17N3O4S.H2O4S/c1-24(21,22)7-6-17-9-12-3-5-15(23-12)11-2-4-14-13(8-11)16(20)19-10-18-14;1-5(2,3)4/h2-5,8,10,17H,6-7,9H2,1H3,(H,18,19,20);(H2,1,2,3,4)/p-1. The second kappa shape index (κ2) is 9.28. The summed E-state index contributed by atoms with van der Waals surface area (Å²) < 4.78 is 62.0. The number of fused-ring (bicyclic) bond motifs is 1. The topological polar surface area (TPSA) is 190 Å². The molecule has 0 radical (unpaired) electrons. The Hall–Kier alpha value is -2.58. The highest BCUT2D eigenvalue weighted by Crippen LogP contribution is 2.24. The number of aromatic amines is 1. The number of quaternary nitrogens is 1. The van der Waals surface area contributed by atoms with Gasteiger partial charge in [-0.05, 0) is 30.3 Å². The molecule has 0 bridgehead atoms. The number of aromatic nitrogens is 2. The SMILES string of the molecule is CS(=O)(=O)CC[NH2+]Cc1ccc(-c2ccc3nc[nH]c(=O)c3c2)o1.O=S(=O)([O-])[O-]. The van der Waals surface area contributed by atoms with E-state index in [1.54, 1.807) is 12.1 Å². The van der Waals surface area contributed by atoms with E-state index in [1.165, 1.54) is 12.6 Å². The summed E-state index contributed by atoms with van der Waals surface area (Å²) in [6.45, 7) is 1.05. The van der Waals surface area contributed by atoms with Gasteiger partial charge in [-0.25, -0.2) is 13.4 Å². The Morgan fingerprint density at radius 3 is 2.48 bits per heavy atom. The van der Waals surface area contributed by atoms with Gasteiger partial charge in [-0.2, -0.15) is 0 Å². The molecule has 13 heteroatoms. The summed E-state index contributed by atoms with van der Waals surface area (Å²) in [5, 5.41) is 2.39. The maximum absolute atomic E-state index is 11.8. The van der Waals surface area contributed by atoms with Gasteiger partial charge < -0.3 is 23.8 Å². The second-order valence-corrected chi connectivity index (χ2v) is 9.13. The van der Waals surface area contributed by atoms with Crippen molar-refractivity contribution in [2.45, 2.75) is 6.54 Å². The summed E-state index contributed by atoms with van der Waals surface area (Å²) in [7, 11) is -8.11. The molecule has 0 aliphatic carbocycles. The van der Waals surface area contributed by atoms with Crippen molar-refractivity contribution in [3.05, 3.63) is 52.8 Å². The monoisotopic (exact) mass is 444 g/mol. The van der Waals surface area contributed by atoms with Crippen molar-refractivity contribution < 1.29 is 35.7 Å². The highest BCUT2D eigenvalue weighted by atomic mass is 32.3. The maximum atomic E-state index is 11.8. The Morgan fingerprint density at radius 2 is 1.83 bits per heavy atom. The summed E-state index contributed by atoms with van der Waals surface area (Å²) in [5.41, 5.74) is 1.23. The summed E-state index contributed by atoms with van der Waals surface area (Å²) in [4.78, 5) is 18.5. The lowest BCUT2D eigenvalue weighted by Crippen LogP contribution is -2.83. The minimum Gasteiger partial charge on any atom is -0.759 e. The van der Waals surface area contributed by atoms with E-state index in [0.29, 0.717) is 29.8 Å². The van der Waals surface area contributed by atoms with Gasteiger partial charge in [-0.3, -0.25) is 13.2 Å². The van der Waals surface area contributed by atoms with Crippen LogP contribution >= 0.6 is 0 Å². The summed E-state index contributed by atoms with van der Waals surface area (Å²) in [6.07, 6.45) is 2.60. The van der Waals surface area contributed by atoms with Gasteiger partial charge in [0.05, 0.1) is 29.5 Å². The fraction of sp³-hybridized carbons (Fsp3) is 0.250. The van der Waals surface area contributed by atoms with Gasteiger partial charge in [0.2, 0.25) is 0 Å². The van der Waals surface area contributed by atoms with Crippen LogP contribution in [0.1, 0.15) is 5.76 Å². The maximum Gasteiger partial charge on any atom is 0.258 e. The number of sulfone groups is 1. The first kappa shape index (κ1) is 22.7. The predicted molar refractivity (Wildman–Crippen MR) is 101 cm³/mol. The molecular weight excluding hydrogens is 426 g/mol. The van der Waals surface area contributed by atoms with Crippen LogP contribution in [0.3, 0.4) is 0 Å². The number of rotatable bonds is 6. The Kier molecular flexibility index (Phi) is 7.26. The van der Waals surface area contributed by atoms with E-state index in [-0.39, 0.29) is 11.3 Å². The molecule has 2 aromatic heterocycles. The molecule has 158 valence electrons. The third kappa shape index (κ3) is 8.13. The van der Waals surface area contributed by atoms with E-state index in [4.69, 9.17) is 21.9 Å². The van der Waals surface area contributed by atoms with Gasteiger partial charge in [-0.1, -0.05) is 0 Å². The first-order valence-electron chi connectivity index (χ1n) is 8.15. The summed E-state index contributed by atoms with van der Waals surface area (Å²) in [5.74, 6) is 1.55. The van der Waals surface area contributed by atoms with Crippen LogP contribution in [-0.2, 0) is 26.8 Å². The fourth-order valence-electron chi connectivity index (χ4n) is 2.41. The number of H-pyrrole nitrogens is 1. The predicted octanol–water partition coefficient (Wildman–Crippen LogP) is -1.05. The lowest BCUT2D eigenvalue weighted by atomic mass is 10.1. The lowest BCUT2D eigenvalue weighted by Gasteiger charge is -2.06. The number of nitrogens with zero attached hydrogens (tertiary/aromatic N) is 1. The van der Waals surface area contributed by atoms with Crippen LogP contribution < -0.4 is 10.9 Å². The van der Waals surface area contributed by atoms with Gasteiger partial charge in [0.15, 0.2) is 15.6 Å². The smallest absolute Gasteiger partial charge is 0.258 e. The van der Waals surface area contributed by atoms with Crippen LogP contribution in [0.4, 0.5) is 0 Å². The van der Waals surface area contributed by atoms with E-state index in [1.807, 2.05) is 23.5 Å². The number of hydrogen-bond acceptors (Lipinski definition) is 9. The molecule has 2 heterocycles. The molecule has 0 unspecified atom stereocenters. The molecule has 0 atom stereocenters. The lowest BCUT2D eigenvalue weighted by molar-refractivity contribution is -0.668. The molecule has 0 fully saturated rings. The van der Waals surface area contributed by atoms with Crippen LogP contribution in [0.2, 0.25) is 0 Å². The summed E-state index contributed by atoms with van der Waals surface area (Å²) >= 11 is 0. The Labute approximate surface area is 166 Å². The third-order valence-electron chi connectivity index (χ3n) is 3.62. The van der Waals surface area contributed by atoms with Crippen molar-refractivity contribution in [2.24, 2.45) is 0 Å². The van der Waals surface area contributed by atoms with E-state index in [9.17, 15) is 13.2 Å². The van der Waals surface area contributed by atoms with Crippen LogP contribution in [0.5, 0.6) is 0 Å². The number of nitrogens with one attached hydrogen (secondary N) is 1. The molecule has 0 amide bonds. The average Bonchev–Trinajstić information content (AvgIpc) is 3.06. The zero-order chi connectivity index (χ0) is 21.7. The molecule has 0 aliphatic rings. The van der Waals surface area contributed by atoms with Gasteiger partial charge in [0.25, 0.3) is 5.56 Å². The number of nitrogens with two attached hydrogens (primary N) is 1. The Balaban J connectivity index is 0.000000537. The number of benzene rings is 1. The average molecular weight is 444 g/mol. The first-order valence-corrected chi connectivity index (χ1v) is 11.5. The molecular formula is C16H18N3O8S2-. The Morgan fingerprint density at radius 1 is 1.14 bits per heavy atom. The molecule has 0 saturated heterocycles. The minimum absolute atomic E-state index is 0.140. The third-order valence-corrected chi connectivity index (χ3v) is 4.60. The van der Waals surface area contributed by atoms with Crippen LogP contribution in [0.15, 0.2) is 45.9 Å². The normalized spacial score (nSPS) is 11.8. The first-order chi connectivity index (χ1) is 13.4. The van der Waals surface area contributed by atoms with Gasteiger partial charge in [0, 0.05) is 22.2 Å². The number of furan rings is 1. The minimum atomic E-state index is -5.17. The molecule has 1 aromatic carbocycles. The molecule has 0 spiro atoms. The zero-order valence-electron chi connectivity index (χ0n) is 15.2. The van der Waals surface area contributed by atoms with Crippen LogP contribution in [0, 0.1) is 0 Å². The van der Waals surface area contributed by atoms with Crippen molar-refractivity contribution in [3.8, 4) is 11.3 Å². The van der Waals surface area contributed by atoms with Crippen molar-refractivity contribution in [1.29, 1.82) is 0 Å². The van der Waals surface area contributed by atoms with Crippen molar-refractivity contribution in [2.75, 3.05) is 18.6 Å². The van der Waals surface area contributed by atoms with E-state index < -0.39 is 20.2 Å². The molecule has 3 rings (SSSR count). The largest absolute Gasteiger partial charge is 0.759 e. The van der Waals surface area contributed by atoms with Crippen molar-refractivity contribution in [3.63, 3.8) is 0 Å². The van der Waals surface area contributed by atoms with Gasteiger partial charge >= 0.3 is 0 Å². The molecule has 0 aliphatic heterocycles. The van der Waals surface area contributed by atoms with E-state index >= 15 is 0 Å². The highest BCUT2D eigenvalue weighted by molar-refractivity contribution is 7.90. The summed E-state index contributed by atoms with van der Waals surface area (Å²) in [6, 6.07) is 9.07.